The Labute approximate surface area is 84.4 Å². The zero-order valence-electron chi connectivity index (χ0n) is 8.28. The summed E-state index contributed by atoms with van der Waals surface area (Å²) in [5, 5.41) is 0. The van der Waals surface area contributed by atoms with E-state index in [1.807, 2.05) is 18.2 Å². The molecule has 2 heteroatoms. The Kier molecular flexibility index (Phi) is 2.92. The summed E-state index contributed by atoms with van der Waals surface area (Å²) in [7, 11) is 0. The minimum absolute atomic E-state index is 0.374. The molecule has 1 aromatic rings. The van der Waals surface area contributed by atoms with E-state index in [9.17, 15) is 4.79 Å². The molecule has 0 saturated heterocycles. The number of carbonyl (C=O) groups is 1. The number of rotatable bonds is 4. The van der Waals surface area contributed by atoms with Crippen LogP contribution in [0.3, 0.4) is 0 Å². The summed E-state index contributed by atoms with van der Waals surface area (Å²) >= 11 is 0. The summed E-state index contributed by atoms with van der Waals surface area (Å²) in [6.07, 6.45) is 6.71. The van der Waals surface area contributed by atoms with Crippen molar-refractivity contribution < 1.29 is 4.79 Å². The van der Waals surface area contributed by atoms with Gasteiger partial charge in [-0.1, -0.05) is 12.5 Å². The van der Waals surface area contributed by atoms with Gasteiger partial charge < -0.3 is 0 Å². The van der Waals surface area contributed by atoms with Crippen LogP contribution in [0.4, 0.5) is 0 Å². The highest BCUT2D eigenvalue weighted by atomic mass is 16.1. The van der Waals surface area contributed by atoms with Gasteiger partial charge in [-0.25, -0.2) is 0 Å². The van der Waals surface area contributed by atoms with Gasteiger partial charge in [0, 0.05) is 24.2 Å². The number of hydrogen-bond donors (Lipinski definition) is 0. The number of carbonyl (C=O) groups excluding carboxylic acids is 1. The number of nitrogens with zero attached hydrogens (tertiary/aromatic N) is 1. The maximum Gasteiger partial charge on any atom is 0.136 e. The average Bonchev–Trinajstić information content (AvgIpc) is 2.14. The van der Waals surface area contributed by atoms with Crippen molar-refractivity contribution in [3.05, 3.63) is 30.1 Å². The van der Waals surface area contributed by atoms with Gasteiger partial charge in [0.05, 0.1) is 0 Å². The van der Waals surface area contributed by atoms with Crippen LogP contribution in [0.5, 0.6) is 0 Å². The molecule has 0 bridgehead atoms. The van der Waals surface area contributed by atoms with E-state index in [1.165, 1.54) is 6.42 Å². The lowest BCUT2D eigenvalue weighted by Gasteiger charge is -2.23. The van der Waals surface area contributed by atoms with Crippen LogP contribution < -0.4 is 0 Å². The fraction of sp³-hybridized carbons (Fsp3) is 0.500. The van der Waals surface area contributed by atoms with Crippen molar-refractivity contribution >= 4 is 5.78 Å². The topological polar surface area (TPSA) is 30.0 Å². The molecule has 0 unspecified atom stereocenters. The zero-order chi connectivity index (χ0) is 9.80. The number of ketones is 1. The Morgan fingerprint density at radius 3 is 2.86 bits per heavy atom. The second-order valence-corrected chi connectivity index (χ2v) is 3.92. The lowest BCUT2D eigenvalue weighted by atomic mass is 9.81. The monoisotopic (exact) mass is 189 g/mol. The quantitative estimate of drug-likeness (QED) is 0.728. The van der Waals surface area contributed by atoms with Gasteiger partial charge in [0.1, 0.15) is 5.78 Å². The first-order valence-electron chi connectivity index (χ1n) is 5.29. The second-order valence-electron chi connectivity index (χ2n) is 3.92. The van der Waals surface area contributed by atoms with Gasteiger partial charge in [-0.3, -0.25) is 9.78 Å². The lowest BCUT2D eigenvalue weighted by Crippen LogP contribution is -2.22. The third-order valence-corrected chi connectivity index (χ3v) is 2.91. The van der Waals surface area contributed by atoms with Gasteiger partial charge in [-0.15, -0.1) is 0 Å². The van der Waals surface area contributed by atoms with Crippen LogP contribution in [-0.2, 0) is 11.2 Å². The van der Waals surface area contributed by atoms with Crippen LogP contribution >= 0.6 is 0 Å². The van der Waals surface area contributed by atoms with Crippen molar-refractivity contribution in [3.63, 3.8) is 0 Å². The molecule has 1 aliphatic rings. The number of hydrogen-bond acceptors (Lipinski definition) is 2. The number of pyridine rings is 1. The third-order valence-electron chi connectivity index (χ3n) is 2.91. The molecule has 0 amide bonds. The van der Waals surface area contributed by atoms with E-state index >= 15 is 0 Å². The van der Waals surface area contributed by atoms with Gasteiger partial charge >= 0.3 is 0 Å². The highest BCUT2D eigenvalue weighted by Crippen LogP contribution is 2.28. The fourth-order valence-electron chi connectivity index (χ4n) is 1.73. The van der Waals surface area contributed by atoms with Crippen molar-refractivity contribution in [1.82, 2.24) is 4.98 Å². The number of aromatic nitrogens is 1. The molecule has 0 spiro atoms. The molecule has 0 radical (unpaired) electrons. The summed E-state index contributed by atoms with van der Waals surface area (Å²) in [6.45, 7) is 0. The van der Waals surface area contributed by atoms with Crippen molar-refractivity contribution in [2.24, 2.45) is 5.92 Å². The summed E-state index contributed by atoms with van der Waals surface area (Å²) in [4.78, 5) is 15.8. The molecule has 14 heavy (non-hydrogen) atoms. The van der Waals surface area contributed by atoms with Crippen LogP contribution in [0.15, 0.2) is 24.4 Å². The molecule has 1 saturated carbocycles. The summed E-state index contributed by atoms with van der Waals surface area (Å²) in [5.41, 5.74) is 1.03. The highest BCUT2D eigenvalue weighted by molar-refractivity contribution is 5.81. The van der Waals surface area contributed by atoms with Crippen LogP contribution in [0, 0.1) is 5.92 Å². The molecule has 1 aliphatic carbocycles. The molecular weight excluding hydrogens is 174 g/mol. The molecule has 2 nitrogen and oxygen atoms in total. The number of Topliss-reactive ketones (excluding diaryl/α,β-unsaturated/α-hetero) is 1. The normalized spacial score (nSPS) is 16.3. The molecule has 0 aliphatic heterocycles. The molecule has 0 atom stereocenters. The number of aryl methyl sites for hydroxylation is 1. The van der Waals surface area contributed by atoms with E-state index in [1.54, 1.807) is 6.20 Å². The molecular formula is C12H15NO. The maximum atomic E-state index is 11.6. The Balaban J connectivity index is 1.79. The molecule has 0 N–H and O–H groups in total. The van der Waals surface area contributed by atoms with Gasteiger partial charge in [0.15, 0.2) is 0 Å². The van der Waals surface area contributed by atoms with Crippen LogP contribution in [0.25, 0.3) is 0 Å². The standard InChI is InChI=1S/C12H15NO/c14-12(10-4-3-5-10)8-7-11-6-1-2-9-13-11/h1-2,6,9-10H,3-5,7-8H2. The second kappa shape index (κ2) is 4.36. The molecule has 1 aromatic heterocycles. The van der Waals surface area contributed by atoms with Gasteiger partial charge in [0.2, 0.25) is 0 Å². The van der Waals surface area contributed by atoms with E-state index in [0.29, 0.717) is 18.1 Å². The van der Waals surface area contributed by atoms with Crippen molar-refractivity contribution in [2.45, 2.75) is 32.1 Å². The maximum absolute atomic E-state index is 11.6. The van der Waals surface area contributed by atoms with Crippen molar-refractivity contribution in [1.29, 1.82) is 0 Å². The summed E-state index contributed by atoms with van der Waals surface area (Å²) in [6, 6.07) is 5.85. The van der Waals surface area contributed by atoms with E-state index in [4.69, 9.17) is 0 Å². The molecule has 1 fully saturated rings. The van der Waals surface area contributed by atoms with Crippen molar-refractivity contribution in [3.8, 4) is 0 Å². The van der Waals surface area contributed by atoms with Crippen LogP contribution in [-0.4, -0.2) is 10.8 Å². The van der Waals surface area contributed by atoms with Crippen LogP contribution in [0.1, 0.15) is 31.4 Å². The van der Waals surface area contributed by atoms with Crippen molar-refractivity contribution in [2.75, 3.05) is 0 Å². The third kappa shape index (κ3) is 2.19. The van der Waals surface area contributed by atoms with Gasteiger partial charge in [-0.05, 0) is 31.4 Å². The Hall–Kier alpha value is -1.18. The lowest BCUT2D eigenvalue weighted by molar-refractivity contribution is -0.125. The molecule has 1 heterocycles. The Morgan fingerprint density at radius 1 is 1.43 bits per heavy atom. The predicted octanol–water partition coefficient (Wildman–Crippen LogP) is 2.38. The Morgan fingerprint density at radius 2 is 2.29 bits per heavy atom. The largest absolute Gasteiger partial charge is 0.299 e. The van der Waals surface area contributed by atoms with Gasteiger partial charge in [-0.2, -0.15) is 0 Å². The smallest absolute Gasteiger partial charge is 0.136 e. The zero-order valence-corrected chi connectivity index (χ0v) is 8.28. The van der Waals surface area contributed by atoms with Crippen LogP contribution in [0.2, 0.25) is 0 Å². The minimum Gasteiger partial charge on any atom is -0.299 e. The molecule has 2 rings (SSSR count). The minimum atomic E-state index is 0.374. The first-order valence-corrected chi connectivity index (χ1v) is 5.29. The van der Waals surface area contributed by atoms with E-state index in [-0.39, 0.29) is 0 Å². The fourth-order valence-corrected chi connectivity index (χ4v) is 1.73. The predicted molar refractivity (Wildman–Crippen MR) is 54.9 cm³/mol. The van der Waals surface area contributed by atoms with E-state index in [0.717, 1.165) is 25.0 Å². The molecule has 0 aromatic carbocycles. The summed E-state index contributed by atoms with van der Waals surface area (Å²) in [5.74, 6) is 0.806. The Bertz CT molecular complexity index is 303. The highest BCUT2D eigenvalue weighted by Gasteiger charge is 2.24. The average molecular weight is 189 g/mol. The van der Waals surface area contributed by atoms with E-state index in [2.05, 4.69) is 4.98 Å². The first-order chi connectivity index (χ1) is 6.86. The van der Waals surface area contributed by atoms with E-state index < -0.39 is 0 Å². The van der Waals surface area contributed by atoms with Gasteiger partial charge in [0.25, 0.3) is 0 Å². The molecule has 74 valence electrons. The summed E-state index contributed by atoms with van der Waals surface area (Å²) < 4.78 is 0. The SMILES string of the molecule is O=C(CCc1ccccn1)C1CCC1. The first kappa shape index (κ1) is 9.38.